The van der Waals surface area contributed by atoms with Crippen molar-refractivity contribution in [3.8, 4) is 16.4 Å². The number of fused-ring (bicyclic) bond motifs is 5. The summed E-state index contributed by atoms with van der Waals surface area (Å²) in [4.78, 5) is 36.2. The highest BCUT2D eigenvalue weighted by Crippen LogP contribution is 2.46. The van der Waals surface area contributed by atoms with Gasteiger partial charge >= 0.3 is 5.97 Å². The number of ketones is 1. The van der Waals surface area contributed by atoms with E-state index in [1.54, 1.807) is 22.9 Å². The molecule has 4 aliphatic heterocycles. The molecule has 4 saturated heterocycles. The molecule has 4 aliphatic rings. The summed E-state index contributed by atoms with van der Waals surface area (Å²) in [6.45, 7) is 16.2. The summed E-state index contributed by atoms with van der Waals surface area (Å²) in [5.74, 6) is -1.77. The number of esters is 1. The molecule has 4 fully saturated rings. The molecule has 0 spiro atoms. The van der Waals surface area contributed by atoms with Crippen molar-refractivity contribution in [2.24, 2.45) is 29.6 Å². The molecule has 3 aromatic rings. The van der Waals surface area contributed by atoms with Crippen LogP contribution in [0.5, 0.6) is 0 Å². The Bertz CT molecular complexity index is 1960. The standard InChI is InChI=1S/C45H63BrN4O9S/c1-11-34-45(8)40(52)26(4)38(59-45)24(2)20-44(7)41(58-43-37(51)32(49(9)10)18-25(3)56-43)27(5)39(28(6)42(53)57-34)54-22-30(23-55-44)19-29-12-15-36(47-21-29)50-17-16-31(48-50)33-13-14-35(46)60-33/h12-17,21,24-28,30,32,34,37-39,41,43,51H,11,18-20,22-23H2,1-10H3/t24-,25-,26?,27-,28-,30?,32+,34-,37-,38?,39+,41-,43+,44-,45?/m1/s1. The van der Waals surface area contributed by atoms with Gasteiger partial charge in [0.2, 0.25) is 0 Å². The molecule has 7 heterocycles. The number of likely N-dealkylation sites (N-methyl/N-ethyl adjacent to an activating group) is 1. The molecule has 0 aromatic carbocycles. The van der Waals surface area contributed by atoms with Crippen LogP contribution in [0.25, 0.3) is 16.4 Å². The van der Waals surface area contributed by atoms with Crippen LogP contribution in [0.3, 0.4) is 0 Å². The lowest BCUT2D eigenvalue weighted by Crippen LogP contribution is -2.59. The van der Waals surface area contributed by atoms with Gasteiger partial charge in [-0.1, -0.05) is 33.8 Å². The molecular formula is C45H63BrN4O9S. The van der Waals surface area contributed by atoms with Crippen LogP contribution in [-0.2, 0) is 44.4 Å². The van der Waals surface area contributed by atoms with Gasteiger partial charge in [0.1, 0.15) is 17.9 Å². The lowest BCUT2D eigenvalue weighted by molar-refractivity contribution is -0.303. The molecule has 15 heteroatoms. The fourth-order valence-electron chi connectivity index (χ4n) is 10.2. The molecule has 4 unspecified atom stereocenters. The van der Waals surface area contributed by atoms with Crippen molar-refractivity contribution in [2.45, 2.75) is 141 Å². The molecule has 0 amide bonds. The third-order valence-electron chi connectivity index (χ3n) is 13.5. The SMILES string of the molecule is CC[C@H]1OC(=O)[C@H](C)[C@H]2OCC(Cc3ccc(-n4ccc(-c5ccc(Br)s5)n4)nc3)CO[C@](C)(C[C@@H](C)C3OC1(C)C(=O)C3C)[C@H](O[C@@H]1O[C@H](C)C[C@H](N(C)C)[C@H]1O)[C@@H]2C. The zero-order valence-corrected chi connectivity index (χ0v) is 39.0. The summed E-state index contributed by atoms with van der Waals surface area (Å²) >= 11 is 5.16. The largest absolute Gasteiger partial charge is 0.459 e. The van der Waals surface area contributed by atoms with Crippen molar-refractivity contribution in [1.29, 1.82) is 0 Å². The topological polar surface area (TPSA) is 144 Å². The second-order valence-corrected chi connectivity index (χ2v) is 20.9. The molecule has 0 aliphatic carbocycles. The second-order valence-electron chi connectivity index (χ2n) is 18.4. The number of ether oxygens (including phenoxy) is 6. The molecule has 7 rings (SSSR count). The van der Waals surface area contributed by atoms with Gasteiger partial charge in [0, 0.05) is 36.2 Å². The molecule has 3 aromatic heterocycles. The molecule has 13 nitrogen and oxygen atoms in total. The second kappa shape index (κ2) is 18.2. The Balaban J connectivity index is 1.22. The number of Topliss-reactive ketones (excluding diaryl/α,β-unsaturated/α-hetero) is 1. The number of hydrogen-bond donors (Lipinski definition) is 1. The fraction of sp³-hybridized carbons (Fsp3) is 0.689. The molecule has 0 radical (unpaired) electrons. The van der Waals surface area contributed by atoms with E-state index < -0.39 is 71.7 Å². The van der Waals surface area contributed by atoms with Gasteiger partial charge in [0.05, 0.1) is 57.8 Å². The van der Waals surface area contributed by atoms with E-state index in [1.807, 2.05) is 97.2 Å². The van der Waals surface area contributed by atoms with Gasteiger partial charge in [-0.05, 0) is 119 Å². The summed E-state index contributed by atoms with van der Waals surface area (Å²) in [6.07, 6.45) is 1.15. The van der Waals surface area contributed by atoms with Crippen molar-refractivity contribution in [3.05, 3.63) is 52.1 Å². The van der Waals surface area contributed by atoms with Gasteiger partial charge in [0.15, 0.2) is 23.5 Å². The highest BCUT2D eigenvalue weighted by Gasteiger charge is 2.59. The monoisotopic (exact) mass is 914 g/mol. The zero-order chi connectivity index (χ0) is 43.3. The van der Waals surface area contributed by atoms with Gasteiger partial charge in [-0.15, -0.1) is 11.3 Å². The van der Waals surface area contributed by atoms with Crippen molar-refractivity contribution in [1.82, 2.24) is 19.7 Å². The minimum absolute atomic E-state index is 0.0736. The maximum absolute atomic E-state index is 14.3. The highest BCUT2D eigenvalue weighted by molar-refractivity contribution is 9.11. The van der Waals surface area contributed by atoms with Gasteiger partial charge in [0.25, 0.3) is 0 Å². The van der Waals surface area contributed by atoms with Crippen LogP contribution in [0.2, 0.25) is 0 Å². The maximum atomic E-state index is 14.3. The van der Waals surface area contributed by atoms with Crippen molar-refractivity contribution < 1.29 is 43.1 Å². The van der Waals surface area contributed by atoms with Crippen molar-refractivity contribution >= 4 is 39.0 Å². The van der Waals surface area contributed by atoms with E-state index in [-0.39, 0.29) is 29.8 Å². The first-order valence-electron chi connectivity index (χ1n) is 21.5. The molecule has 0 saturated carbocycles. The Kier molecular flexibility index (Phi) is 13.8. The lowest BCUT2D eigenvalue weighted by atomic mass is 9.75. The average Bonchev–Trinajstić information content (AvgIpc) is 3.94. The average molecular weight is 916 g/mol. The van der Waals surface area contributed by atoms with Crippen LogP contribution in [0.4, 0.5) is 0 Å². The summed E-state index contributed by atoms with van der Waals surface area (Å²) in [5, 5.41) is 16.5. The Morgan fingerprint density at radius 2 is 1.80 bits per heavy atom. The Morgan fingerprint density at radius 3 is 2.47 bits per heavy atom. The quantitative estimate of drug-likeness (QED) is 0.235. The van der Waals surface area contributed by atoms with Gasteiger partial charge in [-0.3, -0.25) is 9.59 Å². The van der Waals surface area contributed by atoms with E-state index in [0.29, 0.717) is 44.7 Å². The molecule has 60 heavy (non-hydrogen) atoms. The van der Waals surface area contributed by atoms with Crippen LogP contribution in [0, 0.1) is 29.6 Å². The van der Waals surface area contributed by atoms with Gasteiger partial charge < -0.3 is 38.4 Å². The minimum Gasteiger partial charge on any atom is -0.459 e. The van der Waals surface area contributed by atoms with E-state index >= 15 is 0 Å². The van der Waals surface area contributed by atoms with Gasteiger partial charge in [-0.25, -0.2) is 9.67 Å². The third kappa shape index (κ3) is 9.08. The molecule has 1 N–H and O–H groups in total. The summed E-state index contributed by atoms with van der Waals surface area (Å²) in [5.41, 5.74) is -0.430. The van der Waals surface area contributed by atoms with E-state index in [1.165, 1.54) is 0 Å². The van der Waals surface area contributed by atoms with Crippen LogP contribution in [-0.4, -0.2) is 124 Å². The number of aliphatic hydroxyl groups excluding tert-OH is 1. The normalized spacial score (nSPS) is 39.3. The molecule has 15 atom stereocenters. The summed E-state index contributed by atoms with van der Waals surface area (Å²) in [7, 11) is 3.89. The fourth-order valence-corrected chi connectivity index (χ4v) is 11.5. The Labute approximate surface area is 366 Å². The lowest BCUT2D eigenvalue weighted by Gasteiger charge is -2.48. The van der Waals surface area contributed by atoms with E-state index in [9.17, 15) is 14.7 Å². The van der Waals surface area contributed by atoms with E-state index in [4.69, 9.17) is 38.5 Å². The number of carbonyl (C=O) groups is 2. The number of aliphatic hydroxyl groups is 1. The summed E-state index contributed by atoms with van der Waals surface area (Å²) < 4.78 is 43.3. The van der Waals surface area contributed by atoms with E-state index in [2.05, 4.69) is 28.9 Å². The number of nitrogens with zero attached hydrogens (tertiary/aromatic N) is 4. The highest BCUT2D eigenvalue weighted by atomic mass is 79.9. The van der Waals surface area contributed by atoms with Crippen LogP contribution < -0.4 is 0 Å². The van der Waals surface area contributed by atoms with Crippen LogP contribution in [0.1, 0.15) is 80.2 Å². The van der Waals surface area contributed by atoms with Crippen LogP contribution >= 0.6 is 27.3 Å². The number of carbonyl (C=O) groups excluding carboxylic acids is 2. The maximum Gasteiger partial charge on any atom is 0.311 e. The van der Waals surface area contributed by atoms with Crippen molar-refractivity contribution in [3.63, 3.8) is 0 Å². The number of thiophene rings is 1. The zero-order valence-electron chi connectivity index (χ0n) is 36.6. The molecule has 330 valence electrons. The number of pyridine rings is 1. The molecule has 4 bridgehead atoms. The predicted molar refractivity (Wildman–Crippen MR) is 231 cm³/mol. The number of cyclic esters (lactones) is 1. The first-order chi connectivity index (χ1) is 28.4. The third-order valence-corrected chi connectivity index (χ3v) is 15.1. The smallest absolute Gasteiger partial charge is 0.311 e. The number of aromatic nitrogens is 3. The Morgan fingerprint density at radius 1 is 1.03 bits per heavy atom. The number of hydrogen-bond acceptors (Lipinski definition) is 13. The predicted octanol–water partition coefficient (Wildman–Crippen LogP) is 6.90. The first kappa shape index (κ1) is 45.4. The number of halogens is 1. The van der Waals surface area contributed by atoms with Gasteiger partial charge in [-0.2, -0.15) is 5.10 Å². The Hall–Kier alpha value is -2.60. The van der Waals surface area contributed by atoms with Crippen LogP contribution in [0.15, 0.2) is 46.5 Å². The minimum atomic E-state index is -1.30. The van der Waals surface area contributed by atoms with E-state index in [0.717, 1.165) is 19.9 Å². The van der Waals surface area contributed by atoms with Crippen molar-refractivity contribution in [2.75, 3.05) is 27.3 Å². The number of rotatable bonds is 8. The first-order valence-corrected chi connectivity index (χ1v) is 23.1. The summed E-state index contributed by atoms with van der Waals surface area (Å²) in [6, 6.07) is 9.85. The molecular weight excluding hydrogens is 852 g/mol.